The van der Waals surface area contributed by atoms with E-state index in [0.29, 0.717) is 38.0 Å². The molecule has 38 heavy (non-hydrogen) atoms. The maximum absolute atomic E-state index is 9.78. The van der Waals surface area contributed by atoms with Gasteiger partial charge in [-0.25, -0.2) is 4.68 Å². The molecule has 0 amide bonds. The lowest BCUT2D eigenvalue weighted by molar-refractivity contribution is 0.109. The van der Waals surface area contributed by atoms with Crippen LogP contribution in [0.15, 0.2) is 12.3 Å². The Morgan fingerprint density at radius 2 is 2.08 bits per heavy atom. The van der Waals surface area contributed by atoms with Gasteiger partial charge in [0.1, 0.15) is 6.10 Å². The topological polar surface area (TPSA) is 119 Å². The summed E-state index contributed by atoms with van der Waals surface area (Å²) in [4.78, 5) is 7.06. The number of aliphatic hydroxyl groups excluding tert-OH is 1. The van der Waals surface area contributed by atoms with E-state index in [2.05, 4.69) is 41.0 Å². The Labute approximate surface area is 222 Å². The van der Waals surface area contributed by atoms with Gasteiger partial charge in [0.05, 0.1) is 65.4 Å². The summed E-state index contributed by atoms with van der Waals surface area (Å²) in [6, 6.07) is 2.26. The number of nitrogens with zero attached hydrogens (tertiary/aromatic N) is 7. The second-order valence-electron chi connectivity index (χ2n) is 9.94. The predicted molar refractivity (Wildman–Crippen MR) is 146 cm³/mol. The fraction of sp³-hybridized carbons (Fsp3) is 0.481. The van der Waals surface area contributed by atoms with Crippen molar-refractivity contribution in [1.29, 1.82) is 0 Å². The maximum Gasteiger partial charge on any atom is 0.240 e. The average Bonchev–Trinajstić information content (AvgIpc) is 3.50. The van der Waals surface area contributed by atoms with Gasteiger partial charge in [-0.2, -0.15) is 10.2 Å². The fourth-order valence-electron chi connectivity index (χ4n) is 4.98. The molecule has 1 aliphatic heterocycles. The number of H-pyrrole nitrogens is 1. The van der Waals surface area contributed by atoms with Crippen LogP contribution in [0, 0.1) is 6.92 Å². The molecule has 0 unspecified atom stereocenters. The van der Waals surface area contributed by atoms with Crippen molar-refractivity contribution in [3.8, 4) is 23.0 Å². The quantitative estimate of drug-likeness (QED) is 0.411. The summed E-state index contributed by atoms with van der Waals surface area (Å²) in [7, 11) is 1.90. The van der Waals surface area contributed by atoms with E-state index in [4.69, 9.17) is 19.6 Å². The van der Waals surface area contributed by atoms with Crippen molar-refractivity contribution < 1.29 is 14.6 Å². The minimum absolute atomic E-state index is 0.0208. The van der Waals surface area contributed by atoms with Crippen molar-refractivity contribution in [3.05, 3.63) is 34.9 Å². The monoisotopic (exact) mass is 520 g/mol. The lowest BCUT2D eigenvalue weighted by Gasteiger charge is -2.30. The van der Waals surface area contributed by atoms with Crippen LogP contribution >= 0.6 is 0 Å². The first kappa shape index (κ1) is 25.9. The summed E-state index contributed by atoms with van der Waals surface area (Å²) in [5, 5.41) is 27.7. The van der Waals surface area contributed by atoms with Crippen LogP contribution in [0.5, 0.6) is 11.8 Å². The Morgan fingerprint density at radius 3 is 2.82 bits per heavy atom. The summed E-state index contributed by atoms with van der Waals surface area (Å²) in [5.74, 6) is 1.23. The Kier molecular flexibility index (Phi) is 7.22. The van der Waals surface area contributed by atoms with Crippen LogP contribution in [0.1, 0.15) is 50.3 Å². The zero-order chi connectivity index (χ0) is 27.0. The highest BCUT2D eigenvalue weighted by Gasteiger charge is 2.26. The Morgan fingerprint density at radius 1 is 1.26 bits per heavy atom. The zero-order valence-electron chi connectivity index (χ0n) is 22.9. The normalized spacial score (nSPS) is 17.2. The number of aryl methyl sites for hydroxylation is 2. The lowest BCUT2D eigenvalue weighted by atomic mass is 10.1. The number of aromatic nitrogens is 7. The molecule has 2 bridgehead atoms. The van der Waals surface area contributed by atoms with Crippen LogP contribution in [0.3, 0.4) is 0 Å². The summed E-state index contributed by atoms with van der Waals surface area (Å²) < 4.78 is 16.1. The van der Waals surface area contributed by atoms with E-state index in [1.54, 1.807) is 10.9 Å². The molecule has 5 rings (SSSR count). The van der Waals surface area contributed by atoms with E-state index in [0.717, 1.165) is 44.8 Å². The van der Waals surface area contributed by atoms with Crippen molar-refractivity contribution in [3.63, 3.8) is 0 Å². The number of rotatable bonds is 5. The summed E-state index contributed by atoms with van der Waals surface area (Å²) in [6.07, 6.45) is 5.65. The van der Waals surface area contributed by atoms with E-state index in [1.165, 1.54) is 0 Å². The van der Waals surface area contributed by atoms with Crippen molar-refractivity contribution in [2.75, 3.05) is 19.8 Å². The molecule has 11 nitrogen and oxygen atoms in total. The number of fused-ring (bicyclic) bond motifs is 4. The van der Waals surface area contributed by atoms with Gasteiger partial charge < -0.3 is 14.6 Å². The van der Waals surface area contributed by atoms with Gasteiger partial charge in [-0.3, -0.25) is 19.7 Å². The van der Waals surface area contributed by atoms with Crippen molar-refractivity contribution in [2.45, 2.75) is 59.9 Å². The molecule has 2 N–H and O–H groups in total. The van der Waals surface area contributed by atoms with E-state index in [1.807, 2.05) is 43.8 Å². The van der Waals surface area contributed by atoms with Gasteiger partial charge >= 0.3 is 0 Å². The first-order valence-electron chi connectivity index (χ1n) is 13.1. The number of pyridine rings is 1. The highest BCUT2D eigenvalue weighted by atomic mass is 16.5. The molecule has 0 radical (unpaired) electrons. The van der Waals surface area contributed by atoms with Gasteiger partial charge in [-0.15, -0.1) is 5.10 Å². The van der Waals surface area contributed by atoms with E-state index >= 15 is 0 Å². The lowest BCUT2D eigenvalue weighted by Crippen LogP contribution is -2.39. The van der Waals surface area contributed by atoms with E-state index in [-0.39, 0.29) is 18.8 Å². The van der Waals surface area contributed by atoms with Crippen LogP contribution in [0.25, 0.3) is 34.3 Å². The molecule has 5 heterocycles. The summed E-state index contributed by atoms with van der Waals surface area (Å²) in [5.41, 5.74) is 5.97. The van der Waals surface area contributed by atoms with Gasteiger partial charge in [-0.05, 0) is 52.8 Å². The molecule has 4 aromatic heterocycles. The van der Waals surface area contributed by atoms with Crippen LogP contribution < -0.4 is 9.47 Å². The molecular formula is C27H36N8O3. The average molecular weight is 521 g/mol. The van der Waals surface area contributed by atoms with Gasteiger partial charge in [0.2, 0.25) is 11.8 Å². The molecule has 0 aliphatic carbocycles. The molecule has 0 spiro atoms. The molecule has 0 aromatic carbocycles. The highest BCUT2D eigenvalue weighted by Crippen LogP contribution is 2.35. The van der Waals surface area contributed by atoms with Crippen molar-refractivity contribution in [1.82, 2.24) is 39.6 Å². The highest BCUT2D eigenvalue weighted by molar-refractivity contribution is 5.92. The first-order valence-corrected chi connectivity index (χ1v) is 13.1. The molecule has 4 aromatic rings. The fourth-order valence-corrected chi connectivity index (χ4v) is 4.98. The van der Waals surface area contributed by atoms with Crippen molar-refractivity contribution in [2.24, 2.45) is 7.05 Å². The van der Waals surface area contributed by atoms with Gasteiger partial charge in [0, 0.05) is 31.6 Å². The molecule has 11 heteroatoms. The van der Waals surface area contributed by atoms with Crippen molar-refractivity contribution >= 4 is 23.1 Å². The molecule has 0 fully saturated rings. The minimum Gasteiger partial charge on any atom is -0.476 e. The second-order valence-corrected chi connectivity index (χ2v) is 9.94. The number of hydrogen-bond acceptors (Lipinski definition) is 8. The number of aromatic amines is 1. The third-order valence-corrected chi connectivity index (χ3v) is 6.86. The van der Waals surface area contributed by atoms with Crippen LogP contribution in [0.4, 0.5) is 0 Å². The van der Waals surface area contributed by atoms with Crippen LogP contribution in [-0.2, 0) is 20.1 Å². The molecule has 0 saturated heterocycles. The van der Waals surface area contributed by atoms with E-state index < -0.39 is 0 Å². The number of nitrogens with one attached hydrogen (secondary N) is 1. The predicted octanol–water partition coefficient (Wildman–Crippen LogP) is 3.42. The maximum atomic E-state index is 9.78. The minimum atomic E-state index is -0.135. The molecule has 1 atom stereocenters. The number of ether oxygens (including phenoxy) is 2. The van der Waals surface area contributed by atoms with Crippen LogP contribution in [-0.4, -0.2) is 76.7 Å². The van der Waals surface area contributed by atoms with Crippen LogP contribution in [0.2, 0.25) is 0 Å². The van der Waals surface area contributed by atoms with Gasteiger partial charge in [0.25, 0.3) is 0 Å². The Balaban J connectivity index is 1.73. The number of hydrogen-bond donors (Lipinski definition) is 2. The second kappa shape index (κ2) is 10.6. The van der Waals surface area contributed by atoms with Gasteiger partial charge in [0.15, 0.2) is 0 Å². The number of aliphatic hydroxyl groups is 1. The third-order valence-electron chi connectivity index (χ3n) is 6.86. The third kappa shape index (κ3) is 4.79. The zero-order valence-corrected chi connectivity index (χ0v) is 22.9. The summed E-state index contributed by atoms with van der Waals surface area (Å²) in [6.45, 7) is 12.4. The smallest absolute Gasteiger partial charge is 0.240 e. The summed E-state index contributed by atoms with van der Waals surface area (Å²) >= 11 is 0. The molecule has 1 aliphatic rings. The SMILES string of the molecule is CCOc1nn(CCO)c2c1/C=C/c1n[nH]c3cnc(cc13)-c1c(C)nn(C)c1O[C@@H](C)CN(C(C)C)C2. The first-order chi connectivity index (χ1) is 18.3. The Hall–Kier alpha value is -3.70. The molecule has 0 saturated carbocycles. The molecule has 202 valence electrons. The van der Waals surface area contributed by atoms with E-state index in [9.17, 15) is 5.11 Å². The van der Waals surface area contributed by atoms with Gasteiger partial charge in [-0.1, -0.05) is 0 Å². The largest absolute Gasteiger partial charge is 0.476 e. The molecular weight excluding hydrogens is 484 g/mol. The Bertz CT molecular complexity index is 1460. The standard InChI is InChI=1S/C27H36N8O3/c1-7-37-26-19-8-9-21-20-12-22(28-13-23(20)30-29-21)25-18(5)31-33(6)27(25)38-17(4)14-34(16(2)3)15-24(19)35(32-26)10-11-36/h8-9,12-13,16-17,36H,7,10-11,14-15H2,1-6H3,(H,29,30)/b9-8+/t17-/m0/s1.